The van der Waals surface area contributed by atoms with Gasteiger partial charge in [0.15, 0.2) is 0 Å². The van der Waals surface area contributed by atoms with Crippen molar-refractivity contribution in [2.45, 2.75) is 18.8 Å². The van der Waals surface area contributed by atoms with E-state index in [0.29, 0.717) is 18.7 Å². The first-order valence-electron chi connectivity index (χ1n) is 9.92. The highest BCUT2D eigenvalue weighted by Gasteiger charge is 2.27. The van der Waals surface area contributed by atoms with E-state index < -0.39 is 5.92 Å². The maximum Gasteiger partial charge on any atom is 0.237 e. The van der Waals surface area contributed by atoms with E-state index >= 15 is 0 Å². The average molecular weight is 386 g/mol. The third-order valence-corrected chi connectivity index (χ3v) is 4.77. The Hall–Kier alpha value is -3.40. The smallest absolute Gasteiger partial charge is 0.237 e. The van der Waals surface area contributed by atoms with E-state index in [-0.39, 0.29) is 11.8 Å². The predicted octanol–water partition coefficient (Wildman–Crippen LogP) is 3.49. The number of hydrogen-bond acceptors (Lipinski definition) is 2. The van der Waals surface area contributed by atoms with E-state index in [1.807, 2.05) is 91.0 Å². The predicted molar refractivity (Wildman–Crippen MR) is 115 cm³/mol. The van der Waals surface area contributed by atoms with Gasteiger partial charge in [0.2, 0.25) is 11.8 Å². The molecule has 0 saturated heterocycles. The summed E-state index contributed by atoms with van der Waals surface area (Å²) < 4.78 is 0. The Bertz CT molecular complexity index is 838. The van der Waals surface area contributed by atoms with Crippen LogP contribution >= 0.6 is 0 Å². The maximum absolute atomic E-state index is 12.8. The van der Waals surface area contributed by atoms with Crippen LogP contribution in [0.4, 0.5) is 0 Å². The summed E-state index contributed by atoms with van der Waals surface area (Å²) in [4.78, 5) is 25.7. The largest absolute Gasteiger partial charge is 0.355 e. The van der Waals surface area contributed by atoms with Gasteiger partial charge in [-0.2, -0.15) is 0 Å². The quantitative estimate of drug-likeness (QED) is 0.553. The van der Waals surface area contributed by atoms with Gasteiger partial charge < -0.3 is 10.6 Å². The van der Waals surface area contributed by atoms with Crippen molar-refractivity contribution < 1.29 is 9.59 Å². The second-order valence-electron chi connectivity index (χ2n) is 6.90. The molecule has 4 nitrogen and oxygen atoms in total. The molecule has 2 N–H and O–H groups in total. The van der Waals surface area contributed by atoms with Gasteiger partial charge in [-0.15, -0.1) is 0 Å². The van der Waals surface area contributed by atoms with Gasteiger partial charge >= 0.3 is 0 Å². The minimum absolute atomic E-state index is 0.274. The van der Waals surface area contributed by atoms with E-state index in [1.54, 1.807) is 0 Å². The minimum atomic E-state index is -0.859. The molecule has 0 heterocycles. The van der Waals surface area contributed by atoms with Crippen LogP contribution in [0.3, 0.4) is 0 Å². The van der Waals surface area contributed by atoms with Crippen molar-refractivity contribution in [1.29, 1.82) is 0 Å². The molecule has 0 radical (unpaired) electrons. The maximum atomic E-state index is 12.8. The lowest BCUT2D eigenvalue weighted by atomic mass is 9.97. The van der Waals surface area contributed by atoms with Crippen molar-refractivity contribution in [2.24, 2.45) is 0 Å². The van der Waals surface area contributed by atoms with Gasteiger partial charge in [0.25, 0.3) is 0 Å². The summed E-state index contributed by atoms with van der Waals surface area (Å²) in [6, 6.07) is 29.1. The zero-order chi connectivity index (χ0) is 20.3. The molecule has 2 amide bonds. The highest BCUT2D eigenvalue weighted by molar-refractivity contribution is 6.05. The normalized spacial score (nSPS) is 10.5. The standard InChI is InChI=1S/C25H26N2O2/c28-24(26-18-16-20-10-4-1-5-11-20)23(22-14-8-3-9-15-22)25(29)27-19-17-21-12-6-2-7-13-21/h1-15,23H,16-19H2,(H,26,28)(H,27,29). The van der Waals surface area contributed by atoms with Crippen LogP contribution < -0.4 is 10.6 Å². The first-order valence-corrected chi connectivity index (χ1v) is 9.92. The van der Waals surface area contributed by atoms with Gasteiger partial charge in [-0.1, -0.05) is 91.0 Å². The van der Waals surface area contributed by atoms with Crippen LogP contribution in [0.2, 0.25) is 0 Å². The molecule has 0 fully saturated rings. The van der Waals surface area contributed by atoms with Gasteiger partial charge in [0, 0.05) is 13.1 Å². The third-order valence-electron chi connectivity index (χ3n) is 4.77. The van der Waals surface area contributed by atoms with Gasteiger partial charge in [0.05, 0.1) is 0 Å². The van der Waals surface area contributed by atoms with E-state index in [0.717, 1.165) is 24.0 Å². The fourth-order valence-corrected chi connectivity index (χ4v) is 3.22. The molecule has 0 aliphatic heterocycles. The summed E-state index contributed by atoms with van der Waals surface area (Å²) in [5, 5.41) is 5.84. The van der Waals surface area contributed by atoms with Crippen LogP contribution in [-0.4, -0.2) is 24.9 Å². The number of benzene rings is 3. The first kappa shape index (κ1) is 20.3. The van der Waals surface area contributed by atoms with Crippen molar-refractivity contribution in [3.05, 3.63) is 108 Å². The zero-order valence-electron chi connectivity index (χ0n) is 16.4. The summed E-state index contributed by atoms with van der Waals surface area (Å²) in [5.74, 6) is -1.41. The fraction of sp³-hybridized carbons (Fsp3) is 0.200. The number of hydrogen-bond donors (Lipinski definition) is 2. The molecular weight excluding hydrogens is 360 g/mol. The number of rotatable bonds is 9. The monoisotopic (exact) mass is 386 g/mol. The Kier molecular flexibility index (Phi) is 7.58. The van der Waals surface area contributed by atoms with Crippen LogP contribution in [0.25, 0.3) is 0 Å². The van der Waals surface area contributed by atoms with Crippen molar-refractivity contribution in [1.82, 2.24) is 10.6 Å². The van der Waals surface area contributed by atoms with Crippen LogP contribution in [0, 0.1) is 0 Å². The lowest BCUT2D eigenvalue weighted by Crippen LogP contribution is -2.41. The zero-order valence-corrected chi connectivity index (χ0v) is 16.4. The van der Waals surface area contributed by atoms with Crippen LogP contribution in [0.15, 0.2) is 91.0 Å². The lowest BCUT2D eigenvalue weighted by Gasteiger charge is -2.17. The average Bonchev–Trinajstić information content (AvgIpc) is 2.76. The summed E-state index contributed by atoms with van der Waals surface area (Å²) >= 11 is 0. The summed E-state index contributed by atoms with van der Waals surface area (Å²) in [6.07, 6.45) is 1.45. The SMILES string of the molecule is O=C(NCCc1ccccc1)C(C(=O)NCCc1ccccc1)c1ccccc1. The van der Waals surface area contributed by atoms with Gasteiger partial charge in [0.1, 0.15) is 5.92 Å². The van der Waals surface area contributed by atoms with Crippen molar-refractivity contribution >= 4 is 11.8 Å². The van der Waals surface area contributed by atoms with Crippen molar-refractivity contribution in [3.8, 4) is 0 Å². The van der Waals surface area contributed by atoms with E-state index in [9.17, 15) is 9.59 Å². The molecule has 0 saturated carbocycles. The van der Waals surface area contributed by atoms with Gasteiger partial charge in [-0.25, -0.2) is 0 Å². The molecule has 0 spiro atoms. The Labute approximate surface area is 172 Å². The van der Waals surface area contributed by atoms with E-state index in [1.165, 1.54) is 0 Å². The molecule has 29 heavy (non-hydrogen) atoms. The summed E-state index contributed by atoms with van der Waals surface area (Å²) in [7, 11) is 0. The molecule has 4 heteroatoms. The first-order chi connectivity index (χ1) is 14.2. The fourth-order valence-electron chi connectivity index (χ4n) is 3.22. The topological polar surface area (TPSA) is 58.2 Å². The number of carbonyl (C=O) groups is 2. The molecule has 0 aromatic heterocycles. The highest BCUT2D eigenvalue weighted by Crippen LogP contribution is 2.16. The number of amides is 2. The summed E-state index contributed by atoms with van der Waals surface area (Å²) in [6.45, 7) is 0.979. The van der Waals surface area contributed by atoms with Crippen molar-refractivity contribution in [2.75, 3.05) is 13.1 Å². The van der Waals surface area contributed by atoms with E-state index in [4.69, 9.17) is 0 Å². The van der Waals surface area contributed by atoms with Gasteiger partial charge in [-0.05, 0) is 29.5 Å². The number of carbonyl (C=O) groups excluding carboxylic acids is 2. The second-order valence-corrected chi connectivity index (χ2v) is 6.90. The Balaban J connectivity index is 1.59. The molecule has 0 aliphatic carbocycles. The molecular formula is C25H26N2O2. The molecule has 0 bridgehead atoms. The Morgan fingerprint density at radius 2 is 0.966 bits per heavy atom. The molecule has 3 aromatic carbocycles. The second kappa shape index (κ2) is 10.8. The molecule has 0 unspecified atom stereocenters. The van der Waals surface area contributed by atoms with Gasteiger partial charge in [-0.3, -0.25) is 9.59 Å². The van der Waals surface area contributed by atoms with Crippen LogP contribution in [0.1, 0.15) is 22.6 Å². The Morgan fingerprint density at radius 1 is 0.586 bits per heavy atom. The number of nitrogens with one attached hydrogen (secondary N) is 2. The molecule has 3 rings (SSSR count). The molecule has 0 aliphatic rings. The van der Waals surface area contributed by atoms with Crippen LogP contribution in [-0.2, 0) is 22.4 Å². The molecule has 3 aromatic rings. The lowest BCUT2D eigenvalue weighted by molar-refractivity contribution is -0.131. The highest BCUT2D eigenvalue weighted by atomic mass is 16.2. The molecule has 0 atom stereocenters. The van der Waals surface area contributed by atoms with E-state index in [2.05, 4.69) is 10.6 Å². The third kappa shape index (κ3) is 6.32. The Morgan fingerprint density at radius 3 is 1.38 bits per heavy atom. The minimum Gasteiger partial charge on any atom is -0.355 e. The van der Waals surface area contributed by atoms with Crippen LogP contribution in [0.5, 0.6) is 0 Å². The van der Waals surface area contributed by atoms with Crippen molar-refractivity contribution in [3.63, 3.8) is 0 Å². The molecule has 148 valence electrons. The summed E-state index contributed by atoms with van der Waals surface area (Å²) in [5.41, 5.74) is 3.00.